The van der Waals surface area contributed by atoms with Gasteiger partial charge >= 0.3 is 0 Å². The summed E-state index contributed by atoms with van der Waals surface area (Å²) in [4.78, 5) is 31.4. The second-order valence-electron chi connectivity index (χ2n) is 12.3. The summed E-state index contributed by atoms with van der Waals surface area (Å²) in [5.41, 5.74) is -1.70. The normalized spacial score (nSPS) is 45.2. The van der Waals surface area contributed by atoms with Gasteiger partial charge in [-0.25, -0.2) is 0 Å². The zero-order chi connectivity index (χ0) is 22.4. The van der Waals surface area contributed by atoms with Crippen molar-refractivity contribution in [2.24, 2.45) is 33.5 Å². The summed E-state index contributed by atoms with van der Waals surface area (Å²) in [6.07, 6.45) is 4.68. The van der Waals surface area contributed by atoms with E-state index in [9.17, 15) is 19.8 Å². The topological polar surface area (TPSA) is 81.1 Å². The highest BCUT2D eigenvalue weighted by Gasteiger charge is 2.69. The second kappa shape index (κ2) is 6.69. The van der Waals surface area contributed by atoms with E-state index in [-0.39, 0.29) is 22.6 Å². The summed E-state index contributed by atoms with van der Waals surface area (Å²) in [6, 6.07) is 0. The summed E-state index contributed by atoms with van der Waals surface area (Å²) in [5.74, 6) is 1.02. The van der Waals surface area contributed by atoms with Crippen LogP contribution in [0.25, 0.3) is 0 Å². The fraction of sp³-hybridized carbons (Fsp3) is 0.920. The average Bonchev–Trinajstić information content (AvgIpc) is 3.16. The number of nitrogens with zero attached hydrogens (tertiary/aromatic N) is 2. The highest BCUT2D eigenvalue weighted by atomic mass is 16.3. The number of carbonyl (C=O) groups excluding carboxylic acids is 2. The Bertz CT molecular complexity index is 730. The molecule has 31 heavy (non-hydrogen) atoms. The molecular formula is C25H40N2O4. The molecule has 5 aliphatic rings. The number of rotatable bonds is 2. The van der Waals surface area contributed by atoms with Crippen LogP contribution in [0.4, 0.5) is 0 Å². The van der Waals surface area contributed by atoms with Crippen molar-refractivity contribution in [3.63, 3.8) is 0 Å². The van der Waals surface area contributed by atoms with Gasteiger partial charge in [0.1, 0.15) is 0 Å². The summed E-state index contributed by atoms with van der Waals surface area (Å²) in [5, 5.41) is 21.8. The maximum Gasteiger partial charge on any atom is 0.232 e. The molecule has 6 nitrogen and oxygen atoms in total. The van der Waals surface area contributed by atoms with E-state index < -0.39 is 23.0 Å². The minimum atomic E-state index is -0.669. The van der Waals surface area contributed by atoms with Gasteiger partial charge in [-0.1, -0.05) is 27.7 Å². The molecule has 4 saturated carbocycles. The van der Waals surface area contributed by atoms with Crippen LogP contribution >= 0.6 is 0 Å². The Morgan fingerprint density at radius 1 is 0.710 bits per heavy atom. The monoisotopic (exact) mass is 432 g/mol. The first-order valence-electron chi connectivity index (χ1n) is 12.4. The molecule has 1 aliphatic heterocycles. The lowest BCUT2D eigenvalue weighted by molar-refractivity contribution is -0.157. The Labute approximate surface area is 186 Å². The van der Waals surface area contributed by atoms with Crippen LogP contribution < -0.4 is 0 Å². The van der Waals surface area contributed by atoms with E-state index in [1.165, 1.54) is 0 Å². The van der Waals surface area contributed by atoms with Crippen molar-refractivity contribution in [2.75, 3.05) is 26.2 Å². The summed E-state index contributed by atoms with van der Waals surface area (Å²) >= 11 is 0. The van der Waals surface area contributed by atoms with E-state index in [2.05, 4.69) is 27.7 Å². The van der Waals surface area contributed by atoms with Gasteiger partial charge in [0, 0.05) is 26.2 Å². The zero-order valence-electron chi connectivity index (χ0n) is 19.7. The molecule has 1 saturated heterocycles. The lowest BCUT2D eigenvalue weighted by atomic mass is 9.67. The second-order valence-corrected chi connectivity index (χ2v) is 12.3. The van der Waals surface area contributed by atoms with Gasteiger partial charge in [-0.05, 0) is 67.6 Å². The highest BCUT2D eigenvalue weighted by molar-refractivity contribution is 5.87. The third kappa shape index (κ3) is 2.47. The van der Waals surface area contributed by atoms with Crippen molar-refractivity contribution in [3.8, 4) is 0 Å². The number of carbonyl (C=O) groups is 2. The minimum Gasteiger partial charge on any atom is -0.392 e. The van der Waals surface area contributed by atoms with Crippen LogP contribution in [0.15, 0.2) is 0 Å². The lowest BCUT2D eigenvalue weighted by Crippen LogP contribution is -2.55. The zero-order valence-corrected chi connectivity index (χ0v) is 19.7. The smallest absolute Gasteiger partial charge is 0.232 e. The summed E-state index contributed by atoms with van der Waals surface area (Å²) < 4.78 is 0. The number of hydrogen-bond acceptors (Lipinski definition) is 4. The van der Waals surface area contributed by atoms with Crippen molar-refractivity contribution in [1.82, 2.24) is 9.80 Å². The first kappa shape index (κ1) is 21.7. The van der Waals surface area contributed by atoms with Gasteiger partial charge in [-0.3, -0.25) is 9.59 Å². The SMILES string of the molecule is CC1(C)[C@@H]2CC[C@@]1(C(=O)N1CCCN(C(=O)[C@]34CC[C@H](C[C@H]3O)C4(C)C)CC1)[C@H](O)C2. The fourth-order valence-electron chi connectivity index (χ4n) is 8.79. The van der Waals surface area contributed by atoms with Gasteiger partial charge in [-0.15, -0.1) is 0 Å². The molecule has 5 rings (SSSR count). The van der Waals surface area contributed by atoms with E-state index in [1.54, 1.807) is 0 Å². The van der Waals surface area contributed by atoms with Crippen LogP contribution in [0, 0.1) is 33.5 Å². The van der Waals surface area contributed by atoms with Crippen molar-refractivity contribution in [2.45, 2.75) is 84.8 Å². The molecule has 6 heteroatoms. The maximum absolute atomic E-state index is 13.8. The molecule has 0 aromatic rings. The molecule has 4 bridgehead atoms. The molecule has 0 aromatic heterocycles. The van der Waals surface area contributed by atoms with Crippen LogP contribution in [0.5, 0.6) is 0 Å². The molecule has 174 valence electrons. The van der Waals surface area contributed by atoms with Crippen molar-refractivity contribution >= 4 is 11.8 Å². The number of hydrogen-bond donors (Lipinski definition) is 2. The third-order valence-corrected chi connectivity index (χ3v) is 11.1. The van der Waals surface area contributed by atoms with Crippen LogP contribution in [0.3, 0.4) is 0 Å². The molecule has 0 radical (unpaired) electrons. The van der Waals surface area contributed by atoms with Crippen LogP contribution in [-0.4, -0.2) is 70.2 Å². The molecule has 5 fully saturated rings. The fourth-order valence-corrected chi connectivity index (χ4v) is 8.79. The molecule has 1 heterocycles. The van der Waals surface area contributed by atoms with E-state index >= 15 is 0 Å². The van der Waals surface area contributed by atoms with Crippen molar-refractivity contribution in [1.29, 1.82) is 0 Å². The number of fused-ring (bicyclic) bond motifs is 4. The maximum atomic E-state index is 13.8. The van der Waals surface area contributed by atoms with Gasteiger partial charge in [0.2, 0.25) is 11.8 Å². The van der Waals surface area contributed by atoms with Gasteiger partial charge in [-0.2, -0.15) is 0 Å². The quantitative estimate of drug-likeness (QED) is 0.702. The van der Waals surface area contributed by atoms with E-state index in [4.69, 9.17) is 0 Å². The molecule has 4 aliphatic carbocycles. The average molecular weight is 433 g/mol. The highest BCUT2D eigenvalue weighted by Crippen LogP contribution is 2.67. The molecule has 0 unspecified atom stereocenters. The van der Waals surface area contributed by atoms with E-state index in [0.717, 1.165) is 44.9 Å². The van der Waals surface area contributed by atoms with Gasteiger partial charge in [0.25, 0.3) is 0 Å². The predicted molar refractivity (Wildman–Crippen MR) is 117 cm³/mol. The molecular weight excluding hydrogens is 392 g/mol. The number of amides is 2. The largest absolute Gasteiger partial charge is 0.392 e. The third-order valence-electron chi connectivity index (χ3n) is 11.1. The Morgan fingerprint density at radius 3 is 1.39 bits per heavy atom. The lowest BCUT2D eigenvalue weighted by Gasteiger charge is -2.43. The molecule has 0 spiro atoms. The number of aliphatic hydroxyl groups excluding tert-OH is 2. The van der Waals surface area contributed by atoms with E-state index in [1.807, 2.05) is 9.80 Å². The minimum absolute atomic E-state index is 0.0969. The Morgan fingerprint density at radius 2 is 1.10 bits per heavy atom. The standard InChI is InChI=1S/C25H40N2O4/c1-22(2)16-6-8-24(22,18(28)14-16)20(30)26-10-5-11-27(13-12-26)21(31)25-9-7-17(15-19(25)29)23(25,3)4/h16-19,28-29H,5-15H2,1-4H3/t16-,17-,18-,19-,24+,25+/m1/s1. The van der Waals surface area contributed by atoms with Crippen molar-refractivity contribution in [3.05, 3.63) is 0 Å². The Balaban J connectivity index is 1.34. The van der Waals surface area contributed by atoms with Crippen LogP contribution in [0.1, 0.15) is 72.6 Å². The van der Waals surface area contributed by atoms with Gasteiger partial charge in [0.15, 0.2) is 0 Å². The van der Waals surface area contributed by atoms with Crippen molar-refractivity contribution < 1.29 is 19.8 Å². The Kier molecular flexibility index (Phi) is 4.68. The van der Waals surface area contributed by atoms with Gasteiger partial charge in [0.05, 0.1) is 23.0 Å². The summed E-state index contributed by atoms with van der Waals surface area (Å²) in [7, 11) is 0. The number of aliphatic hydroxyl groups is 2. The summed E-state index contributed by atoms with van der Waals surface area (Å²) in [6.45, 7) is 11.0. The molecule has 2 N–H and O–H groups in total. The first-order chi connectivity index (χ1) is 14.5. The Hall–Kier alpha value is -1.14. The predicted octanol–water partition coefficient (Wildman–Crippen LogP) is 2.42. The van der Waals surface area contributed by atoms with Crippen LogP contribution in [0.2, 0.25) is 0 Å². The van der Waals surface area contributed by atoms with E-state index in [0.29, 0.717) is 38.0 Å². The van der Waals surface area contributed by atoms with Gasteiger partial charge < -0.3 is 20.0 Å². The molecule has 0 aromatic carbocycles. The molecule has 6 atom stereocenters. The molecule has 2 amide bonds. The van der Waals surface area contributed by atoms with Crippen LogP contribution in [-0.2, 0) is 9.59 Å². The first-order valence-corrected chi connectivity index (χ1v) is 12.4.